The van der Waals surface area contributed by atoms with Crippen LogP contribution in [0.2, 0.25) is 0 Å². The molecule has 0 saturated heterocycles. The lowest BCUT2D eigenvalue weighted by Gasteiger charge is -2.07. The Kier molecular flexibility index (Phi) is 3.88. The Labute approximate surface area is 106 Å². The molecule has 0 fully saturated rings. The SMILES string of the molecule is NC(=S)CCCn1ccnc1-c1ccccc1. The lowest BCUT2D eigenvalue weighted by Crippen LogP contribution is -2.09. The molecule has 2 N–H and O–H groups in total. The molecule has 0 bridgehead atoms. The molecule has 0 aliphatic rings. The summed E-state index contributed by atoms with van der Waals surface area (Å²) in [5.74, 6) is 0.994. The van der Waals surface area contributed by atoms with Gasteiger partial charge < -0.3 is 10.3 Å². The van der Waals surface area contributed by atoms with Crippen molar-refractivity contribution in [3.63, 3.8) is 0 Å². The van der Waals surface area contributed by atoms with Crippen LogP contribution >= 0.6 is 12.2 Å². The lowest BCUT2D eigenvalue weighted by molar-refractivity contribution is 0.665. The van der Waals surface area contributed by atoms with Crippen molar-refractivity contribution in [2.45, 2.75) is 19.4 Å². The van der Waals surface area contributed by atoms with Gasteiger partial charge in [0.2, 0.25) is 0 Å². The molecule has 88 valence electrons. The van der Waals surface area contributed by atoms with Crippen LogP contribution in [0.15, 0.2) is 42.7 Å². The first kappa shape index (κ1) is 11.8. The second-order valence-corrected chi connectivity index (χ2v) is 4.40. The summed E-state index contributed by atoms with van der Waals surface area (Å²) in [5, 5.41) is 0. The maximum absolute atomic E-state index is 5.49. The molecule has 0 aliphatic heterocycles. The van der Waals surface area contributed by atoms with Gasteiger partial charge in [-0.15, -0.1) is 0 Å². The van der Waals surface area contributed by atoms with Crippen LogP contribution in [-0.2, 0) is 6.54 Å². The molecule has 0 spiro atoms. The van der Waals surface area contributed by atoms with E-state index in [1.807, 2.05) is 30.6 Å². The van der Waals surface area contributed by atoms with Crippen molar-refractivity contribution in [3.05, 3.63) is 42.7 Å². The summed E-state index contributed by atoms with van der Waals surface area (Å²) >= 11 is 4.87. The number of thiocarbonyl (C=S) groups is 1. The summed E-state index contributed by atoms with van der Waals surface area (Å²) in [6.45, 7) is 0.890. The van der Waals surface area contributed by atoms with Crippen LogP contribution in [0.25, 0.3) is 11.4 Å². The van der Waals surface area contributed by atoms with E-state index in [1.165, 1.54) is 0 Å². The van der Waals surface area contributed by atoms with Gasteiger partial charge in [-0.1, -0.05) is 42.5 Å². The molecule has 0 radical (unpaired) electrons. The maximum atomic E-state index is 5.49. The Balaban J connectivity index is 2.10. The molecule has 0 amide bonds. The van der Waals surface area contributed by atoms with Crippen LogP contribution < -0.4 is 5.73 Å². The van der Waals surface area contributed by atoms with Gasteiger partial charge in [-0.3, -0.25) is 0 Å². The minimum atomic E-state index is 0.575. The molecule has 0 aliphatic carbocycles. The van der Waals surface area contributed by atoms with Gasteiger partial charge >= 0.3 is 0 Å². The average Bonchev–Trinajstić information content (AvgIpc) is 2.78. The molecule has 2 aromatic rings. The fourth-order valence-corrected chi connectivity index (χ4v) is 1.91. The van der Waals surface area contributed by atoms with Crippen molar-refractivity contribution in [2.24, 2.45) is 5.73 Å². The maximum Gasteiger partial charge on any atom is 0.139 e. The number of imidazole rings is 1. The number of aryl methyl sites for hydroxylation is 1. The Bertz CT molecular complexity index is 490. The molecule has 4 heteroatoms. The third-order valence-electron chi connectivity index (χ3n) is 2.57. The first-order chi connectivity index (χ1) is 8.27. The van der Waals surface area contributed by atoms with E-state index >= 15 is 0 Å². The summed E-state index contributed by atoms with van der Waals surface area (Å²) in [6, 6.07) is 10.2. The fraction of sp³-hybridized carbons (Fsp3) is 0.231. The zero-order chi connectivity index (χ0) is 12.1. The van der Waals surface area contributed by atoms with Crippen molar-refractivity contribution in [3.8, 4) is 11.4 Å². The van der Waals surface area contributed by atoms with Crippen LogP contribution in [0.4, 0.5) is 0 Å². The van der Waals surface area contributed by atoms with Crippen molar-refractivity contribution in [1.29, 1.82) is 0 Å². The lowest BCUT2D eigenvalue weighted by atomic mass is 10.2. The molecule has 0 unspecified atom stereocenters. The van der Waals surface area contributed by atoms with Gasteiger partial charge in [0.15, 0.2) is 0 Å². The van der Waals surface area contributed by atoms with Crippen molar-refractivity contribution >= 4 is 17.2 Å². The molecule has 0 saturated carbocycles. The molecule has 2 rings (SSSR count). The highest BCUT2D eigenvalue weighted by Gasteiger charge is 2.04. The fourth-order valence-electron chi connectivity index (χ4n) is 1.76. The van der Waals surface area contributed by atoms with Crippen LogP contribution in [0, 0.1) is 0 Å². The van der Waals surface area contributed by atoms with Gasteiger partial charge in [0.1, 0.15) is 5.82 Å². The summed E-state index contributed by atoms with van der Waals surface area (Å²) in [4.78, 5) is 4.96. The average molecular weight is 245 g/mol. The summed E-state index contributed by atoms with van der Waals surface area (Å²) in [7, 11) is 0. The summed E-state index contributed by atoms with van der Waals surface area (Å²) < 4.78 is 2.13. The molecule has 3 nitrogen and oxygen atoms in total. The Morgan fingerprint density at radius 2 is 2.06 bits per heavy atom. The predicted molar refractivity (Wildman–Crippen MR) is 73.7 cm³/mol. The van der Waals surface area contributed by atoms with Gasteiger partial charge in [0, 0.05) is 24.5 Å². The second kappa shape index (κ2) is 5.59. The molecule has 1 heterocycles. The first-order valence-electron chi connectivity index (χ1n) is 5.62. The summed E-state index contributed by atoms with van der Waals surface area (Å²) in [5.41, 5.74) is 6.62. The highest BCUT2D eigenvalue weighted by Crippen LogP contribution is 2.17. The largest absolute Gasteiger partial charge is 0.393 e. The zero-order valence-corrected chi connectivity index (χ0v) is 10.4. The van der Waals surface area contributed by atoms with Gasteiger partial charge in [0.05, 0.1) is 4.99 Å². The second-order valence-electron chi connectivity index (χ2n) is 3.88. The van der Waals surface area contributed by atoms with E-state index in [0.29, 0.717) is 4.99 Å². The van der Waals surface area contributed by atoms with Crippen molar-refractivity contribution in [2.75, 3.05) is 0 Å². The molecular weight excluding hydrogens is 230 g/mol. The molecule has 1 aromatic heterocycles. The quantitative estimate of drug-likeness (QED) is 0.823. The van der Waals surface area contributed by atoms with Gasteiger partial charge in [-0.05, 0) is 12.8 Å². The van der Waals surface area contributed by atoms with E-state index in [2.05, 4.69) is 21.7 Å². The Morgan fingerprint density at radius 3 is 2.76 bits per heavy atom. The van der Waals surface area contributed by atoms with E-state index in [0.717, 1.165) is 30.8 Å². The third kappa shape index (κ3) is 3.14. The number of aromatic nitrogens is 2. The van der Waals surface area contributed by atoms with Gasteiger partial charge in [0.25, 0.3) is 0 Å². The number of hydrogen-bond donors (Lipinski definition) is 1. The smallest absolute Gasteiger partial charge is 0.139 e. The molecular formula is C13H15N3S. The van der Waals surface area contributed by atoms with Crippen LogP contribution in [0.3, 0.4) is 0 Å². The zero-order valence-electron chi connectivity index (χ0n) is 9.54. The standard InChI is InChI=1S/C13H15N3S/c14-12(17)7-4-9-16-10-8-15-13(16)11-5-2-1-3-6-11/h1-3,5-6,8,10H,4,7,9H2,(H2,14,17). The van der Waals surface area contributed by atoms with E-state index in [-0.39, 0.29) is 0 Å². The number of nitrogens with two attached hydrogens (primary N) is 1. The summed E-state index contributed by atoms with van der Waals surface area (Å²) in [6.07, 6.45) is 5.54. The van der Waals surface area contributed by atoms with Crippen LogP contribution in [0.5, 0.6) is 0 Å². The first-order valence-corrected chi connectivity index (χ1v) is 6.03. The highest BCUT2D eigenvalue weighted by atomic mass is 32.1. The van der Waals surface area contributed by atoms with E-state index < -0.39 is 0 Å². The van der Waals surface area contributed by atoms with Crippen molar-refractivity contribution in [1.82, 2.24) is 9.55 Å². The number of nitrogens with zero attached hydrogens (tertiary/aromatic N) is 2. The predicted octanol–water partition coefficient (Wildman–Crippen LogP) is 2.62. The molecule has 0 atom stereocenters. The van der Waals surface area contributed by atoms with Crippen molar-refractivity contribution < 1.29 is 0 Å². The Morgan fingerprint density at radius 1 is 1.29 bits per heavy atom. The third-order valence-corrected chi connectivity index (χ3v) is 2.77. The van der Waals surface area contributed by atoms with E-state index in [9.17, 15) is 0 Å². The minimum absolute atomic E-state index is 0.575. The monoisotopic (exact) mass is 245 g/mol. The van der Waals surface area contributed by atoms with E-state index in [4.69, 9.17) is 18.0 Å². The molecule has 1 aromatic carbocycles. The minimum Gasteiger partial charge on any atom is -0.393 e. The molecule has 17 heavy (non-hydrogen) atoms. The van der Waals surface area contributed by atoms with Gasteiger partial charge in [-0.2, -0.15) is 0 Å². The van der Waals surface area contributed by atoms with Crippen LogP contribution in [-0.4, -0.2) is 14.5 Å². The number of benzene rings is 1. The number of hydrogen-bond acceptors (Lipinski definition) is 2. The highest BCUT2D eigenvalue weighted by molar-refractivity contribution is 7.80. The normalized spacial score (nSPS) is 10.4. The Hall–Kier alpha value is -1.68. The van der Waals surface area contributed by atoms with Crippen LogP contribution in [0.1, 0.15) is 12.8 Å². The van der Waals surface area contributed by atoms with E-state index in [1.54, 1.807) is 0 Å². The van der Waals surface area contributed by atoms with Gasteiger partial charge in [-0.25, -0.2) is 4.98 Å². The number of rotatable bonds is 5. The topological polar surface area (TPSA) is 43.8 Å².